The van der Waals surface area contributed by atoms with Gasteiger partial charge in [0.1, 0.15) is 19.3 Å². The molecule has 0 rings (SSSR count). The highest BCUT2D eigenvalue weighted by molar-refractivity contribution is 7.47. The van der Waals surface area contributed by atoms with Crippen LogP contribution in [-0.2, 0) is 65.4 Å². The molecule has 0 aliphatic heterocycles. The molecule has 0 aromatic heterocycles. The van der Waals surface area contributed by atoms with Crippen LogP contribution in [0.15, 0.2) is 0 Å². The average molecular weight is 1470 g/mol. The summed E-state index contributed by atoms with van der Waals surface area (Å²) in [6.45, 7) is 7.34. The van der Waals surface area contributed by atoms with E-state index in [1.54, 1.807) is 0 Å². The first-order valence-electron chi connectivity index (χ1n) is 42.1. The number of hydrogen-bond donors (Lipinski definition) is 3. The molecule has 0 bridgehead atoms. The van der Waals surface area contributed by atoms with Crippen LogP contribution in [0.1, 0.15) is 433 Å². The van der Waals surface area contributed by atoms with Crippen molar-refractivity contribution in [1.82, 2.24) is 0 Å². The summed E-state index contributed by atoms with van der Waals surface area (Å²) in [6.07, 6.45) is 65.1. The third kappa shape index (κ3) is 74.3. The summed E-state index contributed by atoms with van der Waals surface area (Å²) < 4.78 is 68.7. The number of carbonyl (C=O) groups is 4. The Labute approximate surface area is 613 Å². The Morgan fingerprint density at radius 3 is 0.680 bits per heavy atom. The van der Waals surface area contributed by atoms with Gasteiger partial charge in [0.05, 0.1) is 26.4 Å². The first-order valence-corrected chi connectivity index (χ1v) is 45.1. The van der Waals surface area contributed by atoms with Gasteiger partial charge in [0.2, 0.25) is 0 Å². The summed E-state index contributed by atoms with van der Waals surface area (Å²) in [6, 6.07) is 0. The van der Waals surface area contributed by atoms with Gasteiger partial charge in [0, 0.05) is 25.7 Å². The Balaban J connectivity index is 5.23. The molecule has 0 heterocycles. The molecule has 0 amide bonds. The molecule has 19 heteroatoms. The van der Waals surface area contributed by atoms with E-state index < -0.39 is 97.5 Å². The van der Waals surface area contributed by atoms with E-state index in [0.717, 1.165) is 95.8 Å². The van der Waals surface area contributed by atoms with E-state index in [1.807, 2.05) is 0 Å². The van der Waals surface area contributed by atoms with E-state index in [-0.39, 0.29) is 25.7 Å². The number of rotatable bonds is 81. The predicted molar refractivity (Wildman–Crippen MR) is 409 cm³/mol. The highest BCUT2D eigenvalue weighted by atomic mass is 31.2. The summed E-state index contributed by atoms with van der Waals surface area (Å²) in [5.74, 6) is -1.32. The molecule has 0 aliphatic carbocycles. The number of carbonyl (C=O) groups excluding carboxylic acids is 4. The van der Waals surface area contributed by atoms with E-state index in [9.17, 15) is 43.2 Å². The van der Waals surface area contributed by atoms with E-state index in [2.05, 4.69) is 34.6 Å². The lowest BCUT2D eigenvalue weighted by atomic mass is 10.0. The zero-order valence-electron chi connectivity index (χ0n) is 65.3. The normalized spacial score (nSPS) is 13.8. The highest BCUT2D eigenvalue weighted by Gasteiger charge is 2.30. The fourth-order valence-corrected chi connectivity index (χ4v) is 14.2. The first-order chi connectivity index (χ1) is 48.5. The standard InChI is InChI=1S/C81H158O17P2/c1-6-9-12-15-18-21-24-26-28-29-30-31-32-34-36-42-47-52-57-62-67-81(86)98-77(71-92-79(84)65-60-55-50-45-40-38-37-39-43-48-53-58-63-74(4)5)73-96-100(89,90)94-69-75(82)68-93-99(87,88)95-72-76(70-91-78(83)64-59-54-49-44-23-20-17-14-11-8-3)97-80(85)66-61-56-51-46-41-35-33-27-25-22-19-16-13-10-7-2/h74-77,82H,6-73H2,1-5H3,(H,87,88)(H,89,90)/t75-,76+,77+/m0/s1. The molecule has 0 fully saturated rings. The lowest BCUT2D eigenvalue weighted by Crippen LogP contribution is -2.30. The molecule has 594 valence electrons. The number of ether oxygens (including phenoxy) is 4. The second-order valence-corrected chi connectivity index (χ2v) is 32.5. The molecule has 2 unspecified atom stereocenters. The van der Waals surface area contributed by atoms with Gasteiger partial charge >= 0.3 is 39.5 Å². The van der Waals surface area contributed by atoms with Gasteiger partial charge in [0.25, 0.3) is 0 Å². The quantitative estimate of drug-likeness (QED) is 0.0222. The van der Waals surface area contributed by atoms with Crippen molar-refractivity contribution in [2.45, 2.75) is 451 Å². The molecule has 17 nitrogen and oxygen atoms in total. The van der Waals surface area contributed by atoms with Gasteiger partial charge in [-0.05, 0) is 31.6 Å². The van der Waals surface area contributed by atoms with Crippen LogP contribution in [0.4, 0.5) is 0 Å². The zero-order valence-corrected chi connectivity index (χ0v) is 67.1. The van der Waals surface area contributed by atoms with Crippen LogP contribution in [-0.4, -0.2) is 96.7 Å². The molecule has 0 saturated carbocycles. The van der Waals surface area contributed by atoms with Crippen molar-refractivity contribution in [2.75, 3.05) is 39.6 Å². The summed E-state index contributed by atoms with van der Waals surface area (Å²) in [7, 11) is -9.92. The largest absolute Gasteiger partial charge is 0.472 e. The van der Waals surface area contributed by atoms with E-state index in [1.165, 1.54) is 257 Å². The molecule has 0 aromatic rings. The minimum atomic E-state index is -4.96. The molecule has 3 N–H and O–H groups in total. The van der Waals surface area contributed by atoms with Gasteiger partial charge in [-0.25, -0.2) is 9.13 Å². The van der Waals surface area contributed by atoms with E-state index >= 15 is 0 Å². The number of phosphoric acid groups is 2. The molecule has 0 saturated heterocycles. The Bertz CT molecular complexity index is 1910. The Morgan fingerprint density at radius 2 is 0.460 bits per heavy atom. The zero-order chi connectivity index (χ0) is 73.4. The minimum Gasteiger partial charge on any atom is -0.462 e. The Kier molecular flexibility index (Phi) is 72.5. The maximum absolute atomic E-state index is 13.1. The molecule has 0 aromatic carbocycles. The lowest BCUT2D eigenvalue weighted by molar-refractivity contribution is -0.161. The van der Waals surface area contributed by atoms with Gasteiger partial charge < -0.3 is 33.8 Å². The molecule has 5 atom stereocenters. The number of aliphatic hydroxyl groups is 1. The van der Waals surface area contributed by atoms with Crippen molar-refractivity contribution in [3.63, 3.8) is 0 Å². The minimum absolute atomic E-state index is 0.109. The predicted octanol–water partition coefficient (Wildman–Crippen LogP) is 24.4. The summed E-state index contributed by atoms with van der Waals surface area (Å²) in [5.41, 5.74) is 0. The third-order valence-electron chi connectivity index (χ3n) is 19.0. The second kappa shape index (κ2) is 73.9. The van der Waals surface area contributed by atoms with Crippen LogP contribution in [0.5, 0.6) is 0 Å². The molecular weight excluding hydrogens is 1310 g/mol. The number of phosphoric ester groups is 2. The SMILES string of the molecule is CCCCCCCCCCCCCCCCCCCCCCC(=O)O[C@H](COC(=O)CCCCCCCCCCCCCCC(C)C)COP(=O)(O)OC[C@@H](O)COP(=O)(O)OC[C@@H](COC(=O)CCCCCCCCCCCC)OC(=O)CCCCCCCCCCCCCCCCC. The molecule has 0 aliphatic rings. The van der Waals surface area contributed by atoms with Gasteiger partial charge in [-0.2, -0.15) is 0 Å². The van der Waals surface area contributed by atoms with Crippen molar-refractivity contribution < 1.29 is 80.2 Å². The fraction of sp³-hybridized carbons (Fsp3) is 0.951. The van der Waals surface area contributed by atoms with Gasteiger partial charge in [-0.1, -0.05) is 381 Å². The van der Waals surface area contributed by atoms with Crippen LogP contribution < -0.4 is 0 Å². The molecule has 0 radical (unpaired) electrons. The lowest BCUT2D eigenvalue weighted by Gasteiger charge is -2.21. The summed E-state index contributed by atoms with van der Waals surface area (Å²) in [5, 5.41) is 10.6. The molecule has 0 spiro atoms. The first kappa shape index (κ1) is 98.1. The Hall–Kier alpha value is -1.94. The van der Waals surface area contributed by atoms with Crippen LogP contribution in [0.25, 0.3) is 0 Å². The Morgan fingerprint density at radius 1 is 0.270 bits per heavy atom. The van der Waals surface area contributed by atoms with E-state index in [4.69, 9.17) is 37.0 Å². The number of aliphatic hydroxyl groups excluding tert-OH is 1. The van der Waals surface area contributed by atoms with Crippen molar-refractivity contribution in [2.24, 2.45) is 5.92 Å². The smallest absolute Gasteiger partial charge is 0.462 e. The van der Waals surface area contributed by atoms with Crippen molar-refractivity contribution in [1.29, 1.82) is 0 Å². The second-order valence-electron chi connectivity index (χ2n) is 29.6. The van der Waals surface area contributed by atoms with Crippen molar-refractivity contribution >= 4 is 39.5 Å². The number of hydrogen-bond acceptors (Lipinski definition) is 15. The van der Waals surface area contributed by atoms with Crippen molar-refractivity contribution in [3.05, 3.63) is 0 Å². The molecular formula is C81H158O17P2. The summed E-state index contributed by atoms with van der Waals surface area (Å²) in [4.78, 5) is 73.0. The average Bonchev–Trinajstić information content (AvgIpc) is 1.01. The van der Waals surface area contributed by atoms with Crippen LogP contribution in [0.2, 0.25) is 0 Å². The summed E-state index contributed by atoms with van der Waals surface area (Å²) >= 11 is 0. The number of unbranched alkanes of at least 4 members (excludes halogenated alkanes) is 53. The van der Waals surface area contributed by atoms with E-state index in [0.29, 0.717) is 25.7 Å². The van der Waals surface area contributed by atoms with Gasteiger partial charge in [-0.15, -0.1) is 0 Å². The monoisotopic (exact) mass is 1470 g/mol. The maximum Gasteiger partial charge on any atom is 0.472 e. The fourth-order valence-electron chi connectivity index (χ4n) is 12.6. The van der Waals surface area contributed by atoms with Gasteiger partial charge in [-0.3, -0.25) is 37.3 Å². The third-order valence-corrected chi connectivity index (χ3v) is 20.9. The molecule has 100 heavy (non-hydrogen) atoms. The van der Waals surface area contributed by atoms with Crippen LogP contribution in [0.3, 0.4) is 0 Å². The van der Waals surface area contributed by atoms with Crippen molar-refractivity contribution in [3.8, 4) is 0 Å². The topological polar surface area (TPSA) is 237 Å². The number of esters is 4. The van der Waals surface area contributed by atoms with Crippen LogP contribution in [0, 0.1) is 5.92 Å². The maximum atomic E-state index is 13.1. The van der Waals surface area contributed by atoms with Crippen LogP contribution >= 0.6 is 15.6 Å². The highest BCUT2D eigenvalue weighted by Crippen LogP contribution is 2.45. The van der Waals surface area contributed by atoms with Gasteiger partial charge in [0.15, 0.2) is 12.2 Å².